The predicted molar refractivity (Wildman–Crippen MR) is 109 cm³/mol. The van der Waals surface area contributed by atoms with Crippen LogP contribution in [0.3, 0.4) is 0 Å². The van der Waals surface area contributed by atoms with E-state index in [9.17, 15) is 4.79 Å². The second-order valence-electron chi connectivity index (χ2n) is 6.85. The van der Waals surface area contributed by atoms with Crippen molar-refractivity contribution in [2.45, 2.75) is 33.9 Å². The van der Waals surface area contributed by atoms with Gasteiger partial charge in [0.1, 0.15) is 0 Å². The summed E-state index contributed by atoms with van der Waals surface area (Å²) in [4.78, 5) is 12.6. The fraction of sp³-hybridized carbons (Fsp3) is 0.263. The number of aromatic nitrogens is 7. The van der Waals surface area contributed by atoms with Crippen molar-refractivity contribution < 1.29 is 4.79 Å². The normalized spacial score (nSPS) is 11.0. The summed E-state index contributed by atoms with van der Waals surface area (Å²) in [5.41, 5.74) is 5.58. The summed E-state index contributed by atoms with van der Waals surface area (Å²) in [5, 5.41) is 15.3. The van der Waals surface area contributed by atoms with Crippen LogP contribution in [0.25, 0.3) is 0 Å². The van der Waals surface area contributed by atoms with E-state index in [1.807, 2.05) is 26.0 Å². The Bertz CT molecular complexity index is 1160. The molecule has 1 aromatic carbocycles. The van der Waals surface area contributed by atoms with Crippen molar-refractivity contribution in [2.75, 3.05) is 5.32 Å². The summed E-state index contributed by atoms with van der Waals surface area (Å²) < 4.78 is 11.8. The van der Waals surface area contributed by atoms with Gasteiger partial charge >= 0.3 is 0 Å². The first-order valence-corrected chi connectivity index (χ1v) is 9.80. The standard InChI is InChI=1S/C19H20N8OS/c1-12-5-4-6-15(7-12)9-26-10-16(8-20-26)21-19(28)18-14(3)27(25-22-18)11-17-13(2)23-29-24-17/h4-8,10H,9,11H2,1-3H3,(H,21,28). The Morgan fingerprint density at radius 3 is 2.79 bits per heavy atom. The fourth-order valence-corrected chi connectivity index (χ4v) is 3.51. The molecular formula is C19H20N8OS. The van der Waals surface area contributed by atoms with Gasteiger partial charge in [0.15, 0.2) is 5.69 Å². The third-order valence-corrected chi connectivity index (χ3v) is 5.22. The molecule has 0 atom stereocenters. The molecule has 10 heteroatoms. The van der Waals surface area contributed by atoms with Crippen molar-refractivity contribution in [3.8, 4) is 0 Å². The first-order valence-electron chi connectivity index (χ1n) is 9.07. The van der Waals surface area contributed by atoms with Crippen molar-refractivity contribution in [3.63, 3.8) is 0 Å². The Morgan fingerprint density at radius 2 is 2.03 bits per heavy atom. The highest BCUT2D eigenvalue weighted by molar-refractivity contribution is 6.99. The molecule has 4 rings (SSSR count). The lowest BCUT2D eigenvalue weighted by atomic mass is 10.1. The zero-order chi connectivity index (χ0) is 20.4. The van der Waals surface area contributed by atoms with Gasteiger partial charge in [-0.05, 0) is 26.3 Å². The van der Waals surface area contributed by atoms with Crippen LogP contribution >= 0.6 is 11.7 Å². The number of carbonyl (C=O) groups is 1. The average Bonchev–Trinajstić information content (AvgIpc) is 3.38. The van der Waals surface area contributed by atoms with E-state index >= 15 is 0 Å². The summed E-state index contributed by atoms with van der Waals surface area (Å²) in [6.45, 7) is 6.83. The third-order valence-electron chi connectivity index (χ3n) is 4.56. The van der Waals surface area contributed by atoms with Gasteiger partial charge in [-0.25, -0.2) is 4.68 Å². The van der Waals surface area contributed by atoms with E-state index in [1.165, 1.54) is 5.56 Å². The predicted octanol–water partition coefficient (Wildman–Crippen LogP) is 2.60. The van der Waals surface area contributed by atoms with Crippen molar-refractivity contribution in [2.24, 2.45) is 0 Å². The molecule has 0 aliphatic rings. The van der Waals surface area contributed by atoms with Crippen molar-refractivity contribution in [1.29, 1.82) is 0 Å². The van der Waals surface area contributed by atoms with Gasteiger partial charge in [-0.15, -0.1) is 5.10 Å². The molecule has 0 fully saturated rings. The Labute approximate surface area is 171 Å². The fourth-order valence-electron chi connectivity index (χ4n) is 2.96. The number of aryl methyl sites for hydroxylation is 2. The van der Waals surface area contributed by atoms with Gasteiger partial charge in [0.25, 0.3) is 5.91 Å². The number of carbonyl (C=O) groups excluding carboxylic acids is 1. The van der Waals surface area contributed by atoms with Crippen LogP contribution in [0.2, 0.25) is 0 Å². The van der Waals surface area contributed by atoms with E-state index in [-0.39, 0.29) is 11.6 Å². The van der Waals surface area contributed by atoms with Crippen LogP contribution in [0.1, 0.15) is 38.7 Å². The maximum Gasteiger partial charge on any atom is 0.278 e. The monoisotopic (exact) mass is 408 g/mol. The zero-order valence-electron chi connectivity index (χ0n) is 16.3. The summed E-state index contributed by atoms with van der Waals surface area (Å²) >= 11 is 1.16. The third kappa shape index (κ3) is 4.21. The van der Waals surface area contributed by atoms with Crippen LogP contribution in [-0.4, -0.2) is 39.4 Å². The molecule has 0 aliphatic carbocycles. The first-order chi connectivity index (χ1) is 14.0. The molecule has 4 aromatic rings. The van der Waals surface area contributed by atoms with Gasteiger partial charge in [-0.1, -0.05) is 35.0 Å². The molecule has 0 bridgehead atoms. The number of hydrogen-bond donors (Lipinski definition) is 1. The maximum absolute atomic E-state index is 12.6. The Morgan fingerprint density at radius 1 is 1.17 bits per heavy atom. The minimum atomic E-state index is -0.322. The quantitative estimate of drug-likeness (QED) is 0.526. The summed E-state index contributed by atoms with van der Waals surface area (Å²) in [7, 11) is 0. The molecule has 0 saturated heterocycles. The molecule has 1 amide bonds. The van der Waals surface area contributed by atoms with Gasteiger partial charge in [0.2, 0.25) is 0 Å². The lowest BCUT2D eigenvalue weighted by Gasteiger charge is -2.04. The molecule has 3 aromatic heterocycles. The largest absolute Gasteiger partial charge is 0.318 e. The molecule has 9 nitrogen and oxygen atoms in total. The van der Waals surface area contributed by atoms with Crippen LogP contribution in [0.4, 0.5) is 5.69 Å². The minimum Gasteiger partial charge on any atom is -0.318 e. The highest BCUT2D eigenvalue weighted by Gasteiger charge is 2.18. The number of hydrogen-bond acceptors (Lipinski definition) is 7. The van der Waals surface area contributed by atoms with Gasteiger partial charge in [0, 0.05) is 6.20 Å². The second-order valence-corrected chi connectivity index (χ2v) is 7.38. The summed E-state index contributed by atoms with van der Waals surface area (Å²) in [5.74, 6) is -0.322. The van der Waals surface area contributed by atoms with Gasteiger partial charge in [0.05, 0.1) is 53.8 Å². The van der Waals surface area contributed by atoms with Crippen LogP contribution in [0.5, 0.6) is 0 Å². The smallest absolute Gasteiger partial charge is 0.278 e. The van der Waals surface area contributed by atoms with Gasteiger partial charge in [-0.2, -0.15) is 13.8 Å². The lowest BCUT2D eigenvalue weighted by molar-refractivity contribution is 0.102. The van der Waals surface area contributed by atoms with E-state index in [0.29, 0.717) is 24.5 Å². The van der Waals surface area contributed by atoms with Crippen LogP contribution in [-0.2, 0) is 13.1 Å². The van der Waals surface area contributed by atoms with E-state index in [2.05, 4.69) is 48.5 Å². The number of nitrogens with zero attached hydrogens (tertiary/aromatic N) is 7. The van der Waals surface area contributed by atoms with Crippen molar-refractivity contribution in [1.82, 2.24) is 33.5 Å². The van der Waals surface area contributed by atoms with Crippen LogP contribution < -0.4 is 5.32 Å². The van der Waals surface area contributed by atoms with E-state index in [0.717, 1.165) is 28.7 Å². The molecule has 0 spiro atoms. The molecule has 0 unspecified atom stereocenters. The second kappa shape index (κ2) is 7.92. The molecule has 0 radical (unpaired) electrons. The highest BCUT2D eigenvalue weighted by Crippen LogP contribution is 2.13. The number of nitrogens with one attached hydrogen (secondary N) is 1. The van der Waals surface area contributed by atoms with Crippen LogP contribution in [0.15, 0.2) is 36.7 Å². The number of rotatable bonds is 6. The van der Waals surface area contributed by atoms with Crippen molar-refractivity contribution >= 4 is 23.3 Å². The molecule has 1 N–H and O–H groups in total. The SMILES string of the molecule is Cc1cccc(Cn2cc(NC(=O)c3nnn(Cc4nsnc4C)c3C)cn2)c1. The number of anilines is 1. The minimum absolute atomic E-state index is 0.275. The van der Waals surface area contributed by atoms with Crippen molar-refractivity contribution in [3.05, 3.63) is 70.6 Å². The number of benzene rings is 1. The lowest BCUT2D eigenvalue weighted by Crippen LogP contribution is -2.14. The molecule has 148 valence electrons. The molecule has 0 aliphatic heterocycles. The van der Waals surface area contributed by atoms with Gasteiger partial charge in [-0.3, -0.25) is 9.48 Å². The van der Waals surface area contributed by atoms with E-state index < -0.39 is 0 Å². The Kier molecular flexibility index (Phi) is 5.17. The Hall–Kier alpha value is -3.40. The zero-order valence-corrected chi connectivity index (χ0v) is 17.1. The first kappa shape index (κ1) is 18.9. The molecule has 29 heavy (non-hydrogen) atoms. The maximum atomic E-state index is 12.6. The topological polar surface area (TPSA) is 103 Å². The average molecular weight is 408 g/mol. The van der Waals surface area contributed by atoms with E-state index in [4.69, 9.17) is 0 Å². The highest BCUT2D eigenvalue weighted by atomic mass is 32.1. The molecular weight excluding hydrogens is 388 g/mol. The number of amides is 1. The van der Waals surface area contributed by atoms with E-state index in [1.54, 1.807) is 21.8 Å². The molecule has 3 heterocycles. The van der Waals surface area contributed by atoms with Crippen LogP contribution in [0, 0.1) is 20.8 Å². The Balaban J connectivity index is 1.43. The summed E-state index contributed by atoms with van der Waals surface area (Å²) in [6.07, 6.45) is 3.42. The van der Waals surface area contributed by atoms with Gasteiger partial charge < -0.3 is 5.32 Å². The summed E-state index contributed by atoms with van der Waals surface area (Å²) in [6, 6.07) is 8.24. The molecule has 0 saturated carbocycles.